The van der Waals surface area contributed by atoms with E-state index in [2.05, 4.69) is 0 Å². The van der Waals surface area contributed by atoms with Crippen molar-refractivity contribution in [2.45, 2.75) is 13.8 Å². The van der Waals surface area contributed by atoms with Crippen molar-refractivity contribution in [1.82, 2.24) is 0 Å². The molecule has 0 unspecified atom stereocenters. The van der Waals surface area contributed by atoms with Gasteiger partial charge >= 0.3 is 0 Å². The highest BCUT2D eigenvalue weighted by molar-refractivity contribution is 5.78. The van der Waals surface area contributed by atoms with Crippen LogP contribution in [0, 0.1) is 13.8 Å². The fourth-order valence-electron chi connectivity index (χ4n) is 1.77. The Labute approximate surface area is 94.8 Å². The second kappa shape index (κ2) is 3.89. The van der Waals surface area contributed by atoms with Crippen LogP contribution in [0.3, 0.4) is 0 Å². The number of phenolic OH excluding ortho intramolecular Hbond substituents is 2. The lowest BCUT2D eigenvalue weighted by Gasteiger charge is -2.12. The van der Waals surface area contributed by atoms with Crippen LogP contribution < -0.4 is 0 Å². The van der Waals surface area contributed by atoms with Crippen LogP contribution in [0.1, 0.15) is 11.1 Å². The molecule has 16 heavy (non-hydrogen) atoms. The first-order valence-corrected chi connectivity index (χ1v) is 5.19. The van der Waals surface area contributed by atoms with Crippen LogP contribution in [0.5, 0.6) is 11.5 Å². The normalized spacial score (nSPS) is 10.4. The first-order valence-electron chi connectivity index (χ1n) is 5.19. The van der Waals surface area contributed by atoms with Crippen LogP contribution in [0.2, 0.25) is 0 Å². The minimum atomic E-state index is 0.117. The van der Waals surface area contributed by atoms with Gasteiger partial charge in [-0.2, -0.15) is 0 Å². The van der Waals surface area contributed by atoms with Crippen molar-refractivity contribution in [3.8, 4) is 22.6 Å². The molecule has 0 aromatic heterocycles. The van der Waals surface area contributed by atoms with Gasteiger partial charge in [-0.3, -0.25) is 0 Å². The molecule has 0 bridgehead atoms. The van der Waals surface area contributed by atoms with E-state index in [1.165, 1.54) is 0 Å². The Morgan fingerprint density at radius 3 is 2.19 bits per heavy atom. The van der Waals surface area contributed by atoms with E-state index in [0.717, 1.165) is 16.7 Å². The molecule has 0 heterocycles. The van der Waals surface area contributed by atoms with Crippen LogP contribution in [0.25, 0.3) is 11.1 Å². The Kier molecular flexibility index (Phi) is 2.57. The molecular formula is C14H14O2. The lowest BCUT2D eigenvalue weighted by atomic mass is 9.98. The molecule has 2 aromatic rings. The van der Waals surface area contributed by atoms with Gasteiger partial charge in [0.1, 0.15) is 11.5 Å². The van der Waals surface area contributed by atoms with Crippen molar-refractivity contribution in [1.29, 1.82) is 0 Å². The van der Waals surface area contributed by atoms with Crippen LogP contribution in [-0.4, -0.2) is 10.2 Å². The minimum Gasteiger partial charge on any atom is -0.507 e. The number of aryl methyl sites for hydroxylation is 1. The summed E-state index contributed by atoms with van der Waals surface area (Å²) >= 11 is 0. The number of rotatable bonds is 1. The van der Waals surface area contributed by atoms with E-state index in [1.54, 1.807) is 6.07 Å². The van der Waals surface area contributed by atoms with Crippen LogP contribution in [0.4, 0.5) is 0 Å². The first-order chi connectivity index (χ1) is 7.61. The van der Waals surface area contributed by atoms with Crippen molar-refractivity contribution < 1.29 is 10.2 Å². The molecular weight excluding hydrogens is 200 g/mol. The fourth-order valence-corrected chi connectivity index (χ4v) is 1.77. The molecule has 0 aliphatic carbocycles. The van der Waals surface area contributed by atoms with Crippen LogP contribution in [-0.2, 0) is 0 Å². The summed E-state index contributed by atoms with van der Waals surface area (Å²) in [7, 11) is 0. The molecule has 0 aliphatic heterocycles. The van der Waals surface area contributed by atoms with Gasteiger partial charge in [-0.05, 0) is 36.6 Å². The average molecular weight is 214 g/mol. The smallest absolute Gasteiger partial charge is 0.130 e. The van der Waals surface area contributed by atoms with Gasteiger partial charge in [-0.1, -0.05) is 30.3 Å². The number of hydrogen-bond donors (Lipinski definition) is 2. The predicted molar refractivity (Wildman–Crippen MR) is 64.7 cm³/mol. The average Bonchev–Trinajstić information content (AvgIpc) is 2.28. The summed E-state index contributed by atoms with van der Waals surface area (Å²) in [5.41, 5.74) is 3.01. The van der Waals surface area contributed by atoms with Gasteiger partial charge < -0.3 is 10.2 Å². The summed E-state index contributed by atoms with van der Waals surface area (Å²) in [4.78, 5) is 0. The van der Waals surface area contributed by atoms with Crippen LogP contribution >= 0.6 is 0 Å². The third-order valence-electron chi connectivity index (χ3n) is 2.86. The summed E-state index contributed by atoms with van der Waals surface area (Å²) in [6.07, 6.45) is 0. The number of benzene rings is 2. The molecule has 2 nitrogen and oxygen atoms in total. The van der Waals surface area contributed by atoms with Gasteiger partial charge in [0.05, 0.1) is 5.56 Å². The van der Waals surface area contributed by atoms with E-state index >= 15 is 0 Å². The highest BCUT2D eigenvalue weighted by Gasteiger charge is 2.13. The zero-order chi connectivity index (χ0) is 11.7. The molecule has 0 radical (unpaired) electrons. The second-order valence-corrected chi connectivity index (χ2v) is 3.93. The molecule has 0 amide bonds. The molecule has 0 saturated carbocycles. The van der Waals surface area contributed by atoms with Gasteiger partial charge in [0.2, 0.25) is 0 Å². The molecule has 2 aromatic carbocycles. The molecule has 0 fully saturated rings. The molecule has 0 spiro atoms. The Bertz CT molecular complexity index is 516. The van der Waals surface area contributed by atoms with Crippen molar-refractivity contribution in [2.75, 3.05) is 0 Å². The summed E-state index contributed by atoms with van der Waals surface area (Å²) in [5.74, 6) is 0.274. The topological polar surface area (TPSA) is 40.5 Å². The lowest BCUT2D eigenvalue weighted by Crippen LogP contribution is -1.87. The maximum Gasteiger partial charge on any atom is 0.130 e. The predicted octanol–water partition coefficient (Wildman–Crippen LogP) is 3.38. The Morgan fingerprint density at radius 2 is 1.56 bits per heavy atom. The van der Waals surface area contributed by atoms with Crippen LogP contribution in [0.15, 0.2) is 36.4 Å². The summed E-state index contributed by atoms with van der Waals surface area (Å²) < 4.78 is 0. The first kappa shape index (κ1) is 10.6. The third kappa shape index (κ3) is 1.63. The number of hydrogen-bond acceptors (Lipinski definition) is 2. The fraction of sp³-hybridized carbons (Fsp3) is 0.143. The molecule has 0 aliphatic rings. The third-order valence-corrected chi connectivity index (χ3v) is 2.86. The van der Waals surface area contributed by atoms with E-state index in [-0.39, 0.29) is 11.5 Å². The van der Waals surface area contributed by atoms with E-state index < -0.39 is 0 Å². The minimum absolute atomic E-state index is 0.117. The van der Waals surface area contributed by atoms with Gasteiger partial charge in [0.25, 0.3) is 0 Å². The van der Waals surface area contributed by atoms with Gasteiger partial charge in [-0.15, -0.1) is 0 Å². The van der Waals surface area contributed by atoms with Gasteiger partial charge in [-0.25, -0.2) is 0 Å². The highest BCUT2D eigenvalue weighted by atomic mass is 16.3. The lowest BCUT2D eigenvalue weighted by molar-refractivity contribution is 0.450. The maximum absolute atomic E-state index is 10.1. The largest absolute Gasteiger partial charge is 0.507 e. The molecule has 0 atom stereocenters. The number of phenols is 2. The molecule has 2 heteroatoms. The Hall–Kier alpha value is -1.96. The molecule has 0 saturated heterocycles. The van der Waals surface area contributed by atoms with E-state index in [0.29, 0.717) is 5.56 Å². The molecule has 2 N–H and O–H groups in total. The van der Waals surface area contributed by atoms with E-state index in [9.17, 15) is 10.2 Å². The van der Waals surface area contributed by atoms with Crippen molar-refractivity contribution >= 4 is 0 Å². The zero-order valence-electron chi connectivity index (χ0n) is 9.36. The maximum atomic E-state index is 10.1. The standard InChI is InChI=1S/C14H14O2/c1-9-8-12(15)13(14(16)10(9)2)11-6-4-3-5-7-11/h3-8,15-16H,1-2H3. The quantitative estimate of drug-likeness (QED) is 0.764. The SMILES string of the molecule is Cc1cc(O)c(-c2ccccc2)c(O)c1C. The Balaban J connectivity index is 2.71. The molecule has 82 valence electrons. The monoisotopic (exact) mass is 214 g/mol. The summed E-state index contributed by atoms with van der Waals surface area (Å²) in [6, 6.07) is 11.1. The highest BCUT2D eigenvalue weighted by Crippen LogP contribution is 2.40. The summed E-state index contributed by atoms with van der Waals surface area (Å²) in [5, 5.41) is 19.9. The summed E-state index contributed by atoms with van der Waals surface area (Å²) in [6.45, 7) is 3.71. The van der Waals surface area contributed by atoms with E-state index in [1.807, 2.05) is 44.2 Å². The zero-order valence-corrected chi connectivity index (χ0v) is 9.36. The van der Waals surface area contributed by atoms with Crippen molar-refractivity contribution in [3.63, 3.8) is 0 Å². The van der Waals surface area contributed by atoms with Crippen molar-refractivity contribution in [3.05, 3.63) is 47.5 Å². The molecule has 2 rings (SSSR count). The van der Waals surface area contributed by atoms with E-state index in [4.69, 9.17) is 0 Å². The number of aromatic hydroxyl groups is 2. The second-order valence-electron chi connectivity index (χ2n) is 3.93. The van der Waals surface area contributed by atoms with Crippen molar-refractivity contribution in [2.24, 2.45) is 0 Å². The Morgan fingerprint density at radius 1 is 0.938 bits per heavy atom. The van der Waals surface area contributed by atoms with Gasteiger partial charge in [0, 0.05) is 0 Å². The van der Waals surface area contributed by atoms with Gasteiger partial charge in [0.15, 0.2) is 0 Å².